The van der Waals surface area contributed by atoms with Crippen LogP contribution in [0.15, 0.2) is 29.3 Å². The zero-order chi connectivity index (χ0) is 19.2. The van der Waals surface area contributed by atoms with Gasteiger partial charge in [0.2, 0.25) is 5.91 Å². The molecule has 0 bridgehead atoms. The van der Waals surface area contributed by atoms with E-state index in [9.17, 15) is 14.9 Å². The van der Waals surface area contributed by atoms with E-state index in [2.05, 4.69) is 10.2 Å². The molecule has 1 saturated carbocycles. The van der Waals surface area contributed by atoms with Crippen molar-refractivity contribution in [2.75, 3.05) is 26.2 Å². The number of guanidine groups is 1. The number of nitrogens with zero attached hydrogens (tertiary/aromatic N) is 4. The number of hydrogen-bond donors (Lipinski definition) is 1. The molecule has 1 N–H and O–H groups in total. The second-order valence-electron chi connectivity index (χ2n) is 7.18. The molecule has 1 saturated heterocycles. The summed E-state index contributed by atoms with van der Waals surface area (Å²) in [7, 11) is 0. The average molecular weight is 501 g/mol. The summed E-state index contributed by atoms with van der Waals surface area (Å²) in [4.78, 5) is 30.8. The van der Waals surface area contributed by atoms with Crippen LogP contribution in [0.2, 0.25) is 0 Å². The van der Waals surface area contributed by atoms with Gasteiger partial charge in [0.05, 0.1) is 11.5 Å². The molecule has 2 aliphatic rings. The van der Waals surface area contributed by atoms with Crippen molar-refractivity contribution in [2.45, 2.75) is 45.2 Å². The SMILES string of the molecule is CC(=O)N1CCN(C(=NCc2ccc([N+](=O)[O-])cc2)NC2CCCC2)CC1.I. The first kappa shape index (κ1) is 22.4. The molecular weight excluding hydrogens is 473 g/mol. The van der Waals surface area contributed by atoms with E-state index in [0.29, 0.717) is 25.7 Å². The molecule has 0 unspecified atom stereocenters. The van der Waals surface area contributed by atoms with Crippen molar-refractivity contribution in [2.24, 2.45) is 4.99 Å². The van der Waals surface area contributed by atoms with Crippen molar-refractivity contribution < 1.29 is 9.72 Å². The Bertz CT molecular complexity index is 696. The summed E-state index contributed by atoms with van der Waals surface area (Å²) in [5, 5.41) is 14.4. The molecule has 1 aliphatic heterocycles. The third-order valence-corrected chi connectivity index (χ3v) is 5.27. The maximum absolute atomic E-state index is 11.6. The van der Waals surface area contributed by atoms with Crippen LogP contribution in [0.5, 0.6) is 0 Å². The Morgan fingerprint density at radius 3 is 2.25 bits per heavy atom. The average Bonchev–Trinajstić information content (AvgIpc) is 3.18. The summed E-state index contributed by atoms with van der Waals surface area (Å²) >= 11 is 0. The number of benzene rings is 1. The van der Waals surface area contributed by atoms with Gasteiger partial charge in [0.25, 0.3) is 5.69 Å². The topological polar surface area (TPSA) is 91.1 Å². The molecule has 9 heteroatoms. The van der Waals surface area contributed by atoms with Gasteiger partial charge in [0.1, 0.15) is 0 Å². The number of halogens is 1. The molecule has 28 heavy (non-hydrogen) atoms. The van der Waals surface area contributed by atoms with Crippen molar-refractivity contribution in [3.63, 3.8) is 0 Å². The van der Waals surface area contributed by atoms with Crippen LogP contribution in [-0.2, 0) is 11.3 Å². The summed E-state index contributed by atoms with van der Waals surface area (Å²) in [6, 6.07) is 6.98. The summed E-state index contributed by atoms with van der Waals surface area (Å²) in [6.45, 7) is 5.02. The molecule has 0 spiro atoms. The lowest BCUT2D eigenvalue weighted by molar-refractivity contribution is -0.384. The minimum atomic E-state index is -0.394. The zero-order valence-corrected chi connectivity index (χ0v) is 18.5. The summed E-state index contributed by atoms with van der Waals surface area (Å²) in [5.74, 6) is 0.992. The van der Waals surface area contributed by atoms with Gasteiger partial charge in [-0.2, -0.15) is 0 Å². The van der Waals surface area contributed by atoms with E-state index in [4.69, 9.17) is 4.99 Å². The Morgan fingerprint density at radius 2 is 1.71 bits per heavy atom. The highest BCUT2D eigenvalue weighted by atomic mass is 127. The van der Waals surface area contributed by atoms with E-state index in [-0.39, 0.29) is 35.6 Å². The van der Waals surface area contributed by atoms with Gasteiger partial charge in [-0.05, 0) is 18.4 Å². The van der Waals surface area contributed by atoms with Gasteiger partial charge in [-0.15, -0.1) is 24.0 Å². The molecule has 1 aliphatic carbocycles. The number of aliphatic imine (C=N–C) groups is 1. The third kappa shape index (κ3) is 6.05. The second kappa shape index (κ2) is 10.6. The first-order chi connectivity index (χ1) is 13.0. The number of hydrogen-bond acceptors (Lipinski definition) is 4. The first-order valence-corrected chi connectivity index (χ1v) is 9.57. The number of nitrogens with one attached hydrogen (secondary N) is 1. The first-order valence-electron chi connectivity index (χ1n) is 9.57. The van der Waals surface area contributed by atoms with Crippen molar-refractivity contribution in [3.05, 3.63) is 39.9 Å². The largest absolute Gasteiger partial charge is 0.353 e. The lowest BCUT2D eigenvalue weighted by Gasteiger charge is -2.37. The Labute approximate surface area is 182 Å². The fourth-order valence-corrected chi connectivity index (χ4v) is 3.61. The number of carbonyl (C=O) groups is 1. The zero-order valence-electron chi connectivity index (χ0n) is 16.2. The van der Waals surface area contributed by atoms with Gasteiger partial charge in [-0.25, -0.2) is 4.99 Å². The third-order valence-electron chi connectivity index (χ3n) is 5.27. The van der Waals surface area contributed by atoms with Crippen LogP contribution in [0, 0.1) is 10.1 Å². The van der Waals surface area contributed by atoms with E-state index >= 15 is 0 Å². The smallest absolute Gasteiger partial charge is 0.269 e. The highest BCUT2D eigenvalue weighted by Crippen LogP contribution is 2.18. The number of carbonyl (C=O) groups excluding carboxylic acids is 1. The Balaban J connectivity index is 0.00000280. The minimum Gasteiger partial charge on any atom is -0.353 e. The van der Waals surface area contributed by atoms with Crippen LogP contribution in [0.4, 0.5) is 5.69 Å². The number of nitro benzene ring substituents is 1. The van der Waals surface area contributed by atoms with Crippen LogP contribution in [0.25, 0.3) is 0 Å². The Morgan fingerprint density at radius 1 is 1.14 bits per heavy atom. The van der Waals surface area contributed by atoms with Crippen LogP contribution in [0.1, 0.15) is 38.2 Å². The molecule has 1 aromatic rings. The number of non-ortho nitro benzene ring substituents is 1. The van der Waals surface area contributed by atoms with E-state index in [0.717, 1.165) is 37.5 Å². The molecule has 1 heterocycles. The molecule has 1 aromatic carbocycles. The monoisotopic (exact) mass is 501 g/mol. The normalized spacial score (nSPS) is 18.0. The van der Waals surface area contributed by atoms with Gasteiger partial charge in [-0.1, -0.05) is 25.0 Å². The molecule has 3 rings (SSSR count). The fraction of sp³-hybridized carbons (Fsp3) is 0.579. The standard InChI is InChI=1S/C19H27N5O3.HI/c1-15(25)22-10-12-23(13-11-22)19(21-17-4-2-3-5-17)20-14-16-6-8-18(9-7-16)24(26)27;/h6-9,17H,2-5,10-14H2,1H3,(H,20,21);1H. The van der Waals surface area contributed by atoms with E-state index in [1.54, 1.807) is 19.1 Å². The van der Waals surface area contributed by atoms with Crippen LogP contribution >= 0.6 is 24.0 Å². The number of nitro groups is 1. The van der Waals surface area contributed by atoms with Crippen molar-refractivity contribution in [1.29, 1.82) is 0 Å². The van der Waals surface area contributed by atoms with E-state index in [1.165, 1.54) is 25.0 Å². The second-order valence-corrected chi connectivity index (χ2v) is 7.18. The van der Waals surface area contributed by atoms with Gasteiger partial charge in [-0.3, -0.25) is 14.9 Å². The highest BCUT2D eigenvalue weighted by Gasteiger charge is 2.24. The highest BCUT2D eigenvalue weighted by molar-refractivity contribution is 14.0. The summed E-state index contributed by atoms with van der Waals surface area (Å²) in [6.07, 6.45) is 4.80. The molecule has 0 aromatic heterocycles. The van der Waals surface area contributed by atoms with Crippen molar-refractivity contribution >= 4 is 41.5 Å². The molecule has 1 amide bonds. The van der Waals surface area contributed by atoms with Gasteiger partial charge < -0.3 is 15.1 Å². The maximum Gasteiger partial charge on any atom is 0.269 e. The van der Waals surface area contributed by atoms with Gasteiger partial charge in [0, 0.05) is 51.3 Å². The van der Waals surface area contributed by atoms with Crippen molar-refractivity contribution in [3.8, 4) is 0 Å². The quantitative estimate of drug-likeness (QED) is 0.225. The predicted molar refractivity (Wildman–Crippen MR) is 119 cm³/mol. The minimum absolute atomic E-state index is 0. The van der Waals surface area contributed by atoms with Gasteiger partial charge >= 0.3 is 0 Å². The van der Waals surface area contributed by atoms with Gasteiger partial charge in [0.15, 0.2) is 5.96 Å². The Kier molecular flexibility index (Phi) is 8.46. The van der Waals surface area contributed by atoms with E-state index in [1.807, 2.05) is 4.90 Å². The maximum atomic E-state index is 11.6. The number of piperazine rings is 1. The molecule has 8 nitrogen and oxygen atoms in total. The molecular formula is C19H28IN5O3. The summed E-state index contributed by atoms with van der Waals surface area (Å²) < 4.78 is 0. The fourth-order valence-electron chi connectivity index (χ4n) is 3.61. The molecule has 0 radical (unpaired) electrons. The predicted octanol–water partition coefficient (Wildman–Crippen LogP) is 2.77. The number of amides is 1. The van der Waals surface area contributed by atoms with Crippen LogP contribution in [0.3, 0.4) is 0 Å². The molecule has 0 atom stereocenters. The lowest BCUT2D eigenvalue weighted by Crippen LogP contribution is -2.54. The Hall–Kier alpha value is -1.91. The van der Waals surface area contributed by atoms with Crippen LogP contribution in [-0.4, -0.2) is 58.8 Å². The number of rotatable bonds is 4. The van der Waals surface area contributed by atoms with E-state index < -0.39 is 4.92 Å². The van der Waals surface area contributed by atoms with Crippen molar-refractivity contribution in [1.82, 2.24) is 15.1 Å². The van der Waals surface area contributed by atoms with Crippen LogP contribution < -0.4 is 5.32 Å². The molecule has 2 fully saturated rings. The molecule has 154 valence electrons. The lowest BCUT2D eigenvalue weighted by atomic mass is 10.2. The summed E-state index contributed by atoms with van der Waals surface area (Å²) in [5.41, 5.74) is 1.03.